The van der Waals surface area contributed by atoms with E-state index in [1.807, 2.05) is 37.8 Å². The SMILES string of the molecule is Cc1ccccc1N(C)c1c(N)c(C)nn1C. The van der Waals surface area contributed by atoms with E-state index in [4.69, 9.17) is 5.73 Å². The highest BCUT2D eigenvalue weighted by atomic mass is 15.4. The average molecular weight is 230 g/mol. The fourth-order valence-corrected chi connectivity index (χ4v) is 2.11. The van der Waals surface area contributed by atoms with Crippen molar-refractivity contribution in [2.75, 3.05) is 17.7 Å². The quantitative estimate of drug-likeness (QED) is 0.861. The summed E-state index contributed by atoms with van der Waals surface area (Å²) in [4.78, 5) is 2.07. The van der Waals surface area contributed by atoms with Crippen LogP contribution in [0.5, 0.6) is 0 Å². The first-order valence-electron chi connectivity index (χ1n) is 5.60. The second kappa shape index (κ2) is 4.13. The zero-order valence-electron chi connectivity index (χ0n) is 10.7. The Morgan fingerprint density at radius 2 is 1.88 bits per heavy atom. The molecule has 0 aliphatic rings. The summed E-state index contributed by atoms with van der Waals surface area (Å²) in [6.45, 7) is 4.01. The number of aryl methyl sites for hydroxylation is 3. The molecule has 17 heavy (non-hydrogen) atoms. The summed E-state index contributed by atoms with van der Waals surface area (Å²) in [5, 5.41) is 4.34. The van der Waals surface area contributed by atoms with Crippen LogP contribution in [0.1, 0.15) is 11.3 Å². The number of nitrogens with zero attached hydrogens (tertiary/aromatic N) is 3. The predicted molar refractivity (Wildman–Crippen MR) is 71.6 cm³/mol. The van der Waals surface area contributed by atoms with Crippen LogP contribution in [-0.2, 0) is 7.05 Å². The number of hydrogen-bond donors (Lipinski definition) is 1. The van der Waals surface area contributed by atoms with E-state index in [1.165, 1.54) is 5.56 Å². The zero-order chi connectivity index (χ0) is 12.6. The van der Waals surface area contributed by atoms with Crippen LogP contribution in [0.15, 0.2) is 24.3 Å². The summed E-state index contributed by atoms with van der Waals surface area (Å²) in [7, 11) is 3.92. The van der Waals surface area contributed by atoms with E-state index >= 15 is 0 Å². The molecule has 0 aliphatic carbocycles. The molecular formula is C13H18N4. The lowest BCUT2D eigenvalue weighted by molar-refractivity contribution is 0.750. The van der Waals surface area contributed by atoms with Gasteiger partial charge in [-0.25, -0.2) is 0 Å². The lowest BCUT2D eigenvalue weighted by atomic mass is 10.2. The van der Waals surface area contributed by atoms with Gasteiger partial charge in [0.05, 0.1) is 11.4 Å². The van der Waals surface area contributed by atoms with Crippen molar-refractivity contribution in [3.05, 3.63) is 35.5 Å². The van der Waals surface area contributed by atoms with Crippen molar-refractivity contribution in [1.29, 1.82) is 0 Å². The van der Waals surface area contributed by atoms with Gasteiger partial charge in [0.2, 0.25) is 0 Å². The minimum absolute atomic E-state index is 0.734. The van der Waals surface area contributed by atoms with Gasteiger partial charge in [-0.3, -0.25) is 4.68 Å². The first-order chi connectivity index (χ1) is 8.02. The average Bonchev–Trinajstić information content (AvgIpc) is 2.53. The van der Waals surface area contributed by atoms with E-state index < -0.39 is 0 Å². The minimum Gasteiger partial charge on any atom is -0.394 e. The number of hydrogen-bond acceptors (Lipinski definition) is 3. The molecule has 0 spiro atoms. The summed E-state index contributed by atoms with van der Waals surface area (Å²) in [6, 6.07) is 8.23. The number of rotatable bonds is 2. The summed E-state index contributed by atoms with van der Waals surface area (Å²) in [5.74, 6) is 0.928. The van der Waals surface area contributed by atoms with Gasteiger partial charge < -0.3 is 10.6 Å². The monoisotopic (exact) mass is 230 g/mol. The van der Waals surface area contributed by atoms with Gasteiger partial charge in [-0.15, -0.1) is 0 Å². The number of nitrogen functional groups attached to an aromatic ring is 1. The lowest BCUT2D eigenvalue weighted by Crippen LogP contribution is -2.16. The first kappa shape index (κ1) is 11.5. The second-order valence-electron chi connectivity index (χ2n) is 4.29. The van der Waals surface area contributed by atoms with Crippen LogP contribution < -0.4 is 10.6 Å². The molecule has 0 aliphatic heterocycles. The van der Waals surface area contributed by atoms with Crippen LogP contribution in [0.4, 0.5) is 17.2 Å². The Kier molecular flexibility index (Phi) is 2.79. The van der Waals surface area contributed by atoms with Crippen molar-refractivity contribution < 1.29 is 0 Å². The van der Waals surface area contributed by atoms with Gasteiger partial charge in [0.25, 0.3) is 0 Å². The van der Waals surface area contributed by atoms with E-state index in [0.29, 0.717) is 0 Å². The zero-order valence-corrected chi connectivity index (χ0v) is 10.7. The Morgan fingerprint density at radius 3 is 2.41 bits per heavy atom. The maximum absolute atomic E-state index is 6.07. The normalized spacial score (nSPS) is 10.6. The first-order valence-corrected chi connectivity index (χ1v) is 5.60. The highest BCUT2D eigenvalue weighted by molar-refractivity contribution is 5.74. The number of benzene rings is 1. The molecule has 0 radical (unpaired) electrons. The Bertz CT molecular complexity index is 542. The second-order valence-corrected chi connectivity index (χ2v) is 4.29. The summed E-state index contributed by atoms with van der Waals surface area (Å²) >= 11 is 0. The Morgan fingerprint density at radius 1 is 1.24 bits per heavy atom. The van der Waals surface area contributed by atoms with Gasteiger partial charge in [-0.1, -0.05) is 18.2 Å². The molecule has 4 heteroatoms. The Labute approximate surface area is 102 Å². The van der Waals surface area contributed by atoms with Crippen molar-refractivity contribution in [3.8, 4) is 0 Å². The number of para-hydroxylation sites is 1. The predicted octanol–water partition coefficient (Wildman–Crippen LogP) is 2.39. The molecule has 1 aromatic carbocycles. The van der Waals surface area contributed by atoms with Crippen LogP contribution in [0, 0.1) is 13.8 Å². The van der Waals surface area contributed by atoms with E-state index in [-0.39, 0.29) is 0 Å². The van der Waals surface area contributed by atoms with Gasteiger partial charge >= 0.3 is 0 Å². The van der Waals surface area contributed by atoms with Crippen LogP contribution >= 0.6 is 0 Å². The van der Waals surface area contributed by atoms with Crippen molar-refractivity contribution in [1.82, 2.24) is 9.78 Å². The van der Waals surface area contributed by atoms with Gasteiger partial charge in [0.1, 0.15) is 0 Å². The molecule has 2 aromatic rings. The highest BCUT2D eigenvalue weighted by Crippen LogP contribution is 2.31. The maximum atomic E-state index is 6.07. The van der Waals surface area contributed by atoms with E-state index in [9.17, 15) is 0 Å². The summed E-state index contributed by atoms with van der Waals surface area (Å²) in [5.41, 5.74) is 10.0. The fraction of sp³-hybridized carbons (Fsp3) is 0.308. The van der Waals surface area contributed by atoms with E-state index in [2.05, 4.69) is 29.1 Å². The van der Waals surface area contributed by atoms with Crippen molar-refractivity contribution in [2.24, 2.45) is 7.05 Å². The van der Waals surface area contributed by atoms with Crippen molar-refractivity contribution >= 4 is 17.2 Å². The third-order valence-corrected chi connectivity index (χ3v) is 3.03. The molecule has 2 rings (SSSR count). The molecule has 0 fully saturated rings. The number of aromatic nitrogens is 2. The third-order valence-electron chi connectivity index (χ3n) is 3.03. The Balaban J connectivity index is 2.51. The smallest absolute Gasteiger partial charge is 0.154 e. The molecule has 0 unspecified atom stereocenters. The fourth-order valence-electron chi connectivity index (χ4n) is 2.11. The molecule has 0 atom stereocenters. The molecule has 0 amide bonds. The standard InChI is InChI=1S/C13H18N4/c1-9-7-5-6-8-11(9)16(3)13-12(14)10(2)15-17(13)4/h5-8H,14H2,1-4H3. The minimum atomic E-state index is 0.734. The molecule has 4 nitrogen and oxygen atoms in total. The van der Waals surface area contributed by atoms with Crippen LogP contribution in [-0.4, -0.2) is 16.8 Å². The van der Waals surface area contributed by atoms with Crippen LogP contribution in [0.2, 0.25) is 0 Å². The van der Waals surface area contributed by atoms with Crippen LogP contribution in [0.25, 0.3) is 0 Å². The van der Waals surface area contributed by atoms with Gasteiger partial charge in [0.15, 0.2) is 5.82 Å². The Hall–Kier alpha value is -1.97. The topological polar surface area (TPSA) is 47.1 Å². The molecule has 1 aromatic heterocycles. The molecule has 2 N–H and O–H groups in total. The number of nitrogens with two attached hydrogens (primary N) is 1. The van der Waals surface area contributed by atoms with Crippen molar-refractivity contribution in [2.45, 2.75) is 13.8 Å². The molecular weight excluding hydrogens is 212 g/mol. The van der Waals surface area contributed by atoms with Crippen molar-refractivity contribution in [3.63, 3.8) is 0 Å². The maximum Gasteiger partial charge on any atom is 0.154 e. The van der Waals surface area contributed by atoms with Crippen LogP contribution in [0.3, 0.4) is 0 Å². The van der Waals surface area contributed by atoms with Gasteiger partial charge in [-0.2, -0.15) is 5.10 Å². The summed E-state index contributed by atoms with van der Waals surface area (Å²) in [6.07, 6.45) is 0. The summed E-state index contributed by atoms with van der Waals surface area (Å²) < 4.78 is 1.82. The highest BCUT2D eigenvalue weighted by Gasteiger charge is 2.16. The van der Waals surface area contributed by atoms with Gasteiger partial charge in [0, 0.05) is 19.8 Å². The van der Waals surface area contributed by atoms with E-state index in [0.717, 1.165) is 22.9 Å². The lowest BCUT2D eigenvalue weighted by Gasteiger charge is -2.21. The molecule has 0 saturated heterocycles. The molecule has 0 bridgehead atoms. The third kappa shape index (κ3) is 1.86. The number of anilines is 3. The molecule has 1 heterocycles. The molecule has 0 saturated carbocycles. The van der Waals surface area contributed by atoms with E-state index in [1.54, 1.807) is 0 Å². The largest absolute Gasteiger partial charge is 0.394 e. The molecule has 90 valence electrons. The van der Waals surface area contributed by atoms with Gasteiger partial charge in [-0.05, 0) is 25.5 Å².